The van der Waals surface area contributed by atoms with Crippen LogP contribution in [0.15, 0.2) is 195 Å². The fourth-order valence-electron chi connectivity index (χ4n) is 7.51. The lowest BCUT2D eigenvalue weighted by molar-refractivity contribution is -0.129. The molecule has 0 aliphatic rings. The maximum absolute atomic E-state index is 11.9. The van der Waals surface area contributed by atoms with Gasteiger partial charge in [-0.25, -0.2) is 9.59 Å². The van der Waals surface area contributed by atoms with Gasteiger partial charge in [0, 0.05) is 35.1 Å². The fourth-order valence-corrected chi connectivity index (χ4v) is 7.51. The molecule has 0 atom stereocenters. The Bertz CT molecular complexity index is 2670. The Hall–Kier alpha value is -7.50. The van der Waals surface area contributed by atoms with Crippen molar-refractivity contribution in [1.82, 2.24) is 0 Å². The van der Waals surface area contributed by atoms with Crippen LogP contribution < -0.4 is 14.4 Å². The maximum atomic E-state index is 11.9. The molecule has 0 bridgehead atoms. The number of esters is 2. The number of benzene rings is 8. The van der Waals surface area contributed by atoms with E-state index in [1.165, 1.54) is 38.9 Å². The van der Waals surface area contributed by atoms with E-state index in [1.54, 1.807) is 12.1 Å². The third kappa shape index (κ3) is 8.75. The molecule has 0 amide bonds. The second-order valence-electron chi connectivity index (χ2n) is 14.8. The molecule has 0 aliphatic heterocycles. The van der Waals surface area contributed by atoms with Gasteiger partial charge in [0.15, 0.2) is 0 Å². The van der Waals surface area contributed by atoms with Crippen LogP contribution in [0.25, 0.3) is 21.5 Å². The fraction of sp³-hybridized carbons (Fsp3) is 0.0741. The minimum absolute atomic E-state index is 0.148. The summed E-state index contributed by atoms with van der Waals surface area (Å²) in [4.78, 5) is 25.9. The monoisotopic (exact) mass is 769 g/mol. The lowest BCUT2D eigenvalue weighted by Crippen LogP contribution is -2.10. The summed E-state index contributed by atoms with van der Waals surface area (Å²) >= 11 is 0. The molecule has 0 unspecified atom stereocenters. The molecule has 5 heteroatoms. The summed E-state index contributed by atoms with van der Waals surface area (Å²) in [6.45, 7) is 11.3. The molecule has 59 heavy (non-hydrogen) atoms. The van der Waals surface area contributed by atoms with Crippen molar-refractivity contribution in [3.8, 4) is 11.5 Å². The zero-order valence-electron chi connectivity index (χ0n) is 33.1. The Balaban J connectivity index is 1.10. The van der Waals surface area contributed by atoms with Crippen LogP contribution in [0.2, 0.25) is 0 Å². The summed E-state index contributed by atoms with van der Waals surface area (Å²) in [5.41, 5.74) is 11.7. The molecule has 8 aromatic rings. The number of anilines is 3. The van der Waals surface area contributed by atoms with E-state index in [1.807, 2.05) is 36.4 Å². The van der Waals surface area contributed by atoms with Gasteiger partial charge >= 0.3 is 11.9 Å². The van der Waals surface area contributed by atoms with E-state index in [0.717, 1.165) is 57.2 Å². The normalized spacial score (nSPS) is 11.0. The van der Waals surface area contributed by atoms with Crippen LogP contribution in [0.4, 0.5) is 17.1 Å². The molecular weight excluding hydrogens is 727 g/mol. The molecule has 0 saturated heterocycles. The molecule has 0 saturated carbocycles. The van der Waals surface area contributed by atoms with Gasteiger partial charge < -0.3 is 14.4 Å². The number of carbonyl (C=O) groups excluding carboxylic acids is 2. The molecule has 8 aromatic carbocycles. The van der Waals surface area contributed by atoms with E-state index < -0.39 is 11.9 Å². The van der Waals surface area contributed by atoms with Crippen LogP contribution in [-0.4, -0.2) is 11.9 Å². The number of carbonyl (C=O) groups is 2. The number of aryl methyl sites for hydroxylation is 2. The zero-order chi connectivity index (χ0) is 40.9. The third-order valence-electron chi connectivity index (χ3n) is 10.6. The third-order valence-corrected chi connectivity index (χ3v) is 10.6. The molecule has 0 N–H and O–H groups in total. The number of fused-ring (bicyclic) bond motifs is 2. The molecule has 5 nitrogen and oxygen atoms in total. The van der Waals surface area contributed by atoms with Gasteiger partial charge in [-0.3, -0.25) is 0 Å². The molecule has 0 aliphatic carbocycles. The summed E-state index contributed by atoms with van der Waals surface area (Å²) < 4.78 is 10.8. The number of hydrogen-bond donors (Lipinski definition) is 0. The van der Waals surface area contributed by atoms with Gasteiger partial charge in [-0.2, -0.15) is 0 Å². The Labute approximate surface area is 345 Å². The first-order chi connectivity index (χ1) is 28.7. The Morgan fingerprint density at radius 3 is 1.25 bits per heavy atom. The molecule has 8 rings (SSSR count). The predicted molar refractivity (Wildman–Crippen MR) is 240 cm³/mol. The summed E-state index contributed by atoms with van der Waals surface area (Å²) in [5.74, 6) is 0.0680. The highest BCUT2D eigenvalue weighted by Crippen LogP contribution is 2.39. The lowest BCUT2D eigenvalue weighted by atomic mass is 9.84. The predicted octanol–water partition coefficient (Wildman–Crippen LogP) is 13.0. The molecule has 0 aromatic heterocycles. The first-order valence-electron chi connectivity index (χ1n) is 19.6. The van der Waals surface area contributed by atoms with Crippen LogP contribution in [0.3, 0.4) is 0 Å². The van der Waals surface area contributed by atoms with Gasteiger partial charge in [0.1, 0.15) is 11.5 Å². The Morgan fingerprint density at radius 1 is 0.475 bits per heavy atom. The van der Waals surface area contributed by atoms with Gasteiger partial charge in [-0.05, 0) is 130 Å². The van der Waals surface area contributed by atoms with Crippen LogP contribution in [0.1, 0.15) is 44.9 Å². The number of ether oxygens (including phenoxy) is 2. The number of nitrogens with zero attached hydrogens (tertiary/aromatic N) is 1. The van der Waals surface area contributed by atoms with E-state index in [2.05, 4.69) is 153 Å². The van der Waals surface area contributed by atoms with Gasteiger partial charge in [0.25, 0.3) is 0 Å². The highest BCUT2D eigenvalue weighted by atomic mass is 16.5. The first kappa shape index (κ1) is 38.4. The van der Waals surface area contributed by atoms with Gasteiger partial charge in [0.2, 0.25) is 0 Å². The second-order valence-corrected chi connectivity index (χ2v) is 14.8. The lowest BCUT2D eigenvalue weighted by Gasteiger charge is -2.26. The van der Waals surface area contributed by atoms with Crippen molar-refractivity contribution in [1.29, 1.82) is 0 Å². The highest BCUT2D eigenvalue weighted by molar-refractivity contribution is 5.94. The quantitative estimate of drug-likeness (QED) is 0.0536. The Kier molecular flexibility index (Phi) is 11.0. The van der Waals surface area contributed by atoms with Crippen LogP contribution in [-0.2, 0) is 16.0 Å². The van der Waals surface area contributed by atoms with Crippen molar-refractivity contribution in [2.45, 2.75) is 26.2 Å². The average Bonchev–Trinajstić information content (AvgIpc) is 3.26. The maximum Gasteiger partial charge on any atom is 0.335 e. The highest BCUT2D eigenvalue weighted by Gasteiger charge is 2.18. The van der Waals surface area contributed by atoms with Crippen molar-refractivity contribution in [3.05, 3.63) is 234 Å². The van der Waals surface area contributed by atoms with Crippen LogP contribution in [0.5, 0.6) is 11.5 Å². The smallest absolute Gasteiger partial charge is 0.335 e. The van der Waals surface area contributed by atoms with Crippen LogP contribution in [0, 0.1) is 13.8 Å². The molecule has 0 radical (unpaired) electrons. The summed E-state index contributed by atoms with van der Waals surface area (Å²) in [5, 5.41) is 3.86. The van der Waals surface area contributed by atoms with Gasteiger partial charge in [0.05, 0.1) is 0 Å². The zero-order valence-corrected chi connectivity index (χ0v) is 33.1. The second kappa shape index (κ2) is 16.9. The molecule has 0 fully saturated rings. The minimum Gasteiger partial charge on any atom is -0.423 e. The molecule has 0 heterocycles. The average molecular weight is 770 g/mol. The van der Waals surface area contributed by atoms with E-state index in [0.29, 0.717) is 11.5 Å². The van der Waals surface area contributed by atoms with E-state index in [-0.39, 0.29) is 5.92 Å². The van der Waals surface area contributed by atoms with E-state index in [4.69, 9.17) is 9.47 Å². The minimum atomic E-state index is -0.500. The Morgan fingerprint density at radius 2 is 0.831 bits per heavy atom. The summed E-state index contributed by atoms with van der Waals surface area (Å²) in [6, 6.07) is 59.2. The van der Waals surface area contributed by atoms with Crippen molar-refractivity contribution >= 4 is 50.5 Å². The summed E-state index contributed by atoms with van der Waals surface area (Å²) in [6.07, 6.45) is 3.10. The molecule has 288 valence electrons. The van der Waals surface area contributed by atoms with E-state index >= 15 is 0 Å². The molecule has 0 spiro atoms. The van der Waals surface area contributed by atoms with Gasteiger partial charge in [-0.1, -0.05) is 133 Å². The summed E-state index contributed by atoms with van der Waals surface area (Å²) in [7, 11) is 0. The van der Waals surface area contributed by atoms with Gasteiger partial charge in [-0.15, -0.1) is 0 Å². The van der Waals surface area contributed by atoms with Crippen LogP contribution >= 0.6 is 0 Å². The number of hydrogen-bond acceptors (Lipinski definition) is 5. The largest absolute Gasteiger partial charge is 0.423 e. The molecular formula is C54H43NO4. The van der Waals surface area contributed by atoms with Crippen molar-refractivity contribution in [2.24, 2.45) is 0 Å². The first-order valence-corrected chi connectivity index (χ1v) is 19.6. The van der Waals surface area contributed by atoms with Crippen molar-refractivity contribution < 1.29 is 19.1 Å². The topological polar surface area (TPSA) is 55.8 Å². The number of rotatable bonds is 12. The SMILES string of the molecule is C=CC(=O)Oc1ccc2cc(N(c3ccc(Cc4ccc(C(c5ccc(C)cc5)c5ccc(C)cc5)cc4)cc3)c3ccc4cc(OC(=O)C=C)ccc4c3)ccc2c1. The standard InChI is InChI=1S/C54H43NO4/c1-5-52(56)58-50-29-23-43-32-48(27-21-45(43)34-50)55(49-28-22-46-35-51(59-53(57)6-2)30-24-44(46)33-49)47-25-13-39(14-26-47)31-38-11-19-42(20-12-38)54(40-15-7-36(3)8-16-40)41-17-9-37(4)10-18-41/h5-30,32-35,54H,1-2,31H2,3-4H3. The van der Waals surface area contributed by atoms with E-state index in [9.17, 15) is 9.59 Å². The van der Waals surface area contributed by atoms with Crippen molar-refractivity contribution in [2.75, 3.05) is 4.90 Å². The van der Waals surface area contributed by atoms with Crippen molar-refractivity contribution in [3.63, 3.8) is 0 Å².